The van der Waals surface area contributed by atoms with Crippen molar-refractivity contribution in [1.29, 1.82) is 0 Å². The van der Waals surface area contributed by atoms with Crippen LogP contribution in [0, 0.1) is 5.92 Å². The normalized spacial score (nSPS) is 15.1. The molecule has 18 heavy (non-hydrogen) atoms. The topological polar surface area (TPSA) is 75.6 Å². The first-order valence-electron chi connectivity index (χ1n) is 5.32. The van der Waals surface area contributed by atoms with Gasteiger partial charge in [0.25, 0.3) is 0 Å². The first-order chi connectivity index (χ1) is 8.04. The molecule has 106 valence electrons. The van der Waals surface area contributed by atoms with E-state index in [0.29, 0.717) is 0 Å². The van der Waals surface area contributed by atoms with Gasteiger partial charge < -0.3 is 15.2 Å². The third-order valence-corrected chi connectivity index (χ3v) is 1.90. The predicted molar refractivity (Wildman–Crippen MR) is 55.2 cm³/mol. The summed E-state index contributed by atoms with van der Waals surface area (Å²) in [7, 11) is 0. The minimum absolute atomic E-state index is 0.218. The van der Waals surface area contributed by atoms with Gasteiger partial charge in [0.15, 0.2) is 0 Å². The number of amides is 1. The number of hydrogen-bond donors (Lipinski definition) is 2. The number of esters is 1. The highest BCUT2D eigenvalue weighted by molar-refractivity contribution is 5.87. The number of nitrogens with one attached hydrogen (secondary N) is 1. The third kappa shape index (κ3) is 4.17. The minimum Gasteiger partial charge on any atom is -0.462 e. The molecule has 0 saturated carbocycles. The van der Waals surface area contributed by atoms with Crippen molar-refractivity contribution < 1.29 is 32.6 Å². The van der Waals surface area contributed by atoms with Gasteiger partial charge in [-0.25, -0.2) is 4.79 Å². The van der Waals surface area contributed by atoms with Crippen LogP contribution < -0.4 is 5.32 Å². The number of carbonyl (C=O) groups excluding carboxylic acids is 2. The van der Waals surface area contributed by atoms with E-state index in [1.807, 2.05) is 0 Å². The van der Waals surface area contributed by atoms with Crippen LogP contribution >= 0.6 is 0 Å². The summed E-state index contributed by atoms with van der Waals surface area (Å²) in [5.74, 6) is -3.25. The molecule has 8 heteroatoms. The molecule has 0 aromatic rings. The predicted octanol–water partition coefficient (Wildman–Crippen LogP) is 0.963. The van der Waals surface area contributed by atoms with Gasteiger partial charge in [0, 0.05) is 6.42 Å². The van der Waals surface area contributed by atoms with Gasteiger partial charge in [0.05, 0.1) is 6.61 Å². The summed E-state index contributed by atoms with van der Waals surface area (Å²) in [6, 6.07) is 0. The van der Waals surface area contributed by atoms with Gasteiger partial charge in [0.1, 0.15) is 0 Å². The molecule has 5 nitrogen and oxygen atoms in total. The van der Waals surface area contributed by atoms with Gasteiger partial charge in [-0.15, -0.1) is 0 Å². The van der Waals surface area contributed by atoms with E-state index in [9.17, 15) is 27.9 Å². The summed E-state index contributed by atoms with van der Waals surface area (Å²) in [5, 5.41) is 10.6. The first kappa shape index (κ1) is 16.7. The zero-order valence-electron chi connectivity index (χ0n) is 10.3. The molecule has 1 amide bonds. The van der Waals surface area contributed by atoms with Crippen molar-refractivity contribution in [2.75, 3.05) is 6.61 Å². The van der Waals surface area contributed by atoms with Crippen molar-refractivity contribution in [3.05, 3.63) is 0 Å². The molecular formula is C10H16F3NO4. The van der Waals surface area contributed by atoms with E-state index >= 15 is 0 Å². The fraction of sp³-hybridized carbons (Fsp3) is 0.800. The maximum absolute atomic E-state index is 12.6. The molecule has 2 N–H and O–H groups in total. The second-order valence-corrected chi connectivity index (χ2v) is 4.07. The fourth-order valence-corrected chi connectivity index (χ4v) is 1.10. The van der Waals surface area contributed by atoms with Crippen LogP contribution in [0.2, 0.25) is 0 Å². The lowest BCUT2D eigenvalue weighted by Crippen LogP contribution is -2.64. The quantitative estimate of drug-likeness (QED) is 0.577. The average Bonchev–Trinajstić information content (AvgIpc) is 2.14. The van der Waals surface area contributed by atoms with Gasteiger partial charge in [-0.2, -0.15) is 13.2 Å². The Morgan fingerprint density at radius 3 is 2.17 bits per heavy atom. The molecule has 1 unspecified atom stereocenters. The molecule has 0 aromatic carbocycles. The van der Waals surface area contributed by atoms with E-state index in [1.165, 1.54) is 12.2 Å². The van der Waals surface area contributed by atoms with E-state index < -0.39 is 23.8 Å². The second-order valence-electron chi connectivity index (χ2n) is 4.07. The molecule has 0 bridgehead atoms. The van der Waals surface area contributed by atoms with Crippen LogP contribution in [0.5, 0.6) is 0 Å². The van der Waals surface area contributed by atoms with E-state index in [-0.39, 0.29) is 18.9 Å². The van der Waals surface area contributed by atoms with Gasteiger partial charge in [-0.3, -0.25) is 4.79 Å². The van der Waals surface area contributed by atoms with Crippen molar-refractivity contribution in [2.24, 2.45) is 5.92 Å². The zero-order valence-corrected chi connectivity index (χ0v) is 10.3. The van der Waals surface area contributed by atoms with E-state index in [4.69, 9.17) is 0 Å². The Bertz CT molecular complexity index is 317. The highest BCUT2D eigenvalue weighted by atomic mass is 19.4. The van der Waals surface area contributed by atoms with Crippen molar-refractivity contribution >= 4 is 11.9 Å². The molecule has 0 radical (unpaired) electrons. The molecule has 0 aliphatic carbocycles. The molecule has 0 aromatic heterocycles. The molecule has 0 aliphatic heterocycles. The van der Waals surface area contributed by atoms with Crippen molar-refractivity contribution in [1.82, 2.24) is 5.32 Å². The Hall–Kier alpha value is -1.31. The van der Waals surface area contributed by atoms with Crippen molar-refractivity contribution in [3.8, 4) is 0 Å². The van der Waals surface area contributed by atoms with E-state index in [2.05, 4.69) is 4.74 Å². The molecule has 0 fully saturated rings. The summed E-state index contributed by atoms with van der Waals surface area (Å²) in [4.78, 5) is 22.4. The van der Waals surface area contributed by atoms with E-state index in [0.717, 1.165) is 0 Å². The summed E-state index contributed by atoms with van der Waals surface area (Å²) in [6.07, 6.45) is -5.61. The van der Waals surface area contributed by atoms with Crippen LogP contribution in [0.1, 0.15) is 27.2 Å². The molecular weight excluding hydrogens is 255 g/mol. The molecule has 1 atom stereocenters. The highest BCUT2D eigenvalue weighted by Crippen LogP contribution is 2.29. The number of rotatable bonds is 5. The minimum atomic E-state index is -5.36. The van der Waals surface area contributed by atoms with Gasteiger partial charge in [-0.05, 0) is 12.8 Å². The lowest BCUT2D eigenvalue weighted by atomic mass is 10.1. The first-order valence-corrected chi connectivity index (χ1v) is 5.32. The highest BCUT2D eigenvalue weighted by Gasteiger charge is 2.62. The van der Waals surface area contributed by atoms with Crippen LogP contribution in [0.15, 0.2) is 0 Å². The summed E-state index contributed by atoms with van der Waals surface area (Å²) >= 11 is 0. The molecule has 0 rings (SSSR count). The molecule has 0 heterocycles. The second kappa shape index (κ2) is 6.03. The summed E-state index contributed by atoms with van der Waals surface area (Å²) in [5.41, 5.74) is -4.00. The van der Waals surface area contributed by atoms with Gasteiger partial charge >= 0.3 is 17.9 Å². The maximum Gasteiger partial charge on any atom is 0.448 e. The molecule has 0 saturated heterocycles. The fourth-order valence-electron chi connectivity index (χ4n) is 1.10. The Labute approximate surface area is 102 Å². The smallest absolute Gasteiger partial charge is 0.448 e. The van der Waals surface area contributed by atoms with Crippen LogP contribution in [0.25, 0.3) is 0 Å². The van der Waals surface area contributed by atoms with Crippen LogP contribution in [-0.4, -0.2) is 35.5 Å². The van der Waals surface area contributed by atoms with Gasteiger partial charge in [-0.1, -0.05) is 13.8 Å². The number of hydrogen-bond acceptors (Lipinski definition) is 4. The SMILES string of the molecule is CCOC(=O)C(O)(NC(=O)CC(C)C)C(F)(F)F. The lowest BCUT2D eigenvalue weighted by Gasteiger charge is -2.28. The largest absolute Gasteiger partial charge is 0.462 e. The number of halogens is 3. The Morgan fingerprint density at radius 1 is 1.33 bits per heavy atom. The third-order valence-electron chi connectivity index (χ3n) is 1.90. The summed E-state index contributed by atoms with van der Waals surface area (Å²) in [6.45, 7) is 4.15. The van der Waals surface area contributed by atoms with Crippen LogP contribution in [0.4, 0.5) is 13.2 Å². The zero-order chi connectivity index (χ0) is 14.6. The van der Waals surface area contributed by atoms with E-state index in [1.54, 1.807) is 13.8 Å². The van der Waals surface area contributed by atoms with Crippen LogP contribution in [-0.2, 0) is 14.3 Å². The monoisotopic (exact) mass is 271 g/mol. The molecule has 0 aliphatic rings. The summed E-state index contributed by atoms with van der Waals surface area (Å²) < 4.78 is 41.9. The average molecular weight is 271 g/mol. The Kier molecular flexibility index (Phi) is 5.59. The van der Waals surface area contributed by atoms with Crippen molar-refractivity contribution in [2.45, 2.75) is 39.1 Å². The Morgan fingerprint density at radius 2 is 1.83 bits per heavy atom. The number of alkyl halides is 3. The Balaban J connectivity index is 5.01. The van der Waals surface area contributed by atoms with Crippen molar-refractivity contribution in [3.63, 3.8) is 0 Å². The number of carbonyl (C=O) groups is 2. The lowest BCUT2D eigenvalue weighted by molar-refractivity contribution is -0.271. The molecule has 0 spiro atoms. The maximum atomic E-state index is 12.6. The van der Waals surface area contributed by atoms with Gasteiger partial charge in [0.2, 0.25) is 5.91 Å². The van der Waals surface area contributed by atoms with Crippen LogP contribution in [0.3, 0.4) is 0 Å². The number of ether oxygens (including phenoxy) is 1. The number of aliphatic hydroxyl groups is 1. The standard InChI is InChI=1S/C10H16F3NO4/c1-4-18-8(16)9(17,10(11,12)13)14-7(15)5-6(2)3/h6,17H,4-5H2,1-3H3,(H,14,15).